The maximum absolute atomic E-state index is 12.8. The average molecular weight is 449 g/mol. The van der Waals surface area contributed by atoms with E-state index < -0.39 is 5.97 Å². The van der Waals surface area contributed by atoms with Crippen molar-refractivity contribution in [1.29, 1.82) is 0 Å². The van der Waals surface area contributed by atoms with E-state index in [9.17, 15) is 9.59 Å². The first-order valence-electron chi connectivity index (χ1n) is 11.0. The predicted molar refractivity (Wildman–Crippen MR) is 123 cm³/mol. The molecule has 7 nitrogen and oxygen atoms in total. The quantitative estimate of drug-likeness (QED) is 0.511. The molecule has 0 radical (unpaired) electrons. The Morgan fingerprint density at radius 3 is 2.27 bits per heavy atom. The van der Waals surface area contributed by atoms with Crippen LogP contribution in [0.25, 0.3) is 0 Å². The molecule has 1 aliphatic rings. The standard InChI is InChI=1S/C26H28N2O5/c1-19-3-5-20(6-4-19)17-27-13-15-28(16-14-27)25(29)24-12-11-23(33-24)18-32-22-9-7-21(8-10-22)26(30)31-2/h3-12H,13-18H2,1-2H3. The van der Waals surface area contributed by atoms with Gasteiger partial charge >= 0.3 is 5.97 Å². The molecule has 4 rings (SSSR count). The number of benzene rings is 2. The first kappa shape index (κ1) is 22.6. The van der Waals surface area contributed by atoms with Crippen molar-refractivity contribution in [2.24, 2.45) is 0 Å². The molecule has 2 aromatic carbocycles. The molecule has 1 aromatic heterocycles. The normalized spacial score (nSPS) is 14.2. The first-order chi connectivity index (χ1) is 16.0. The maximum atomic E-state index is 12.8. The zero-order chi connectivity index (χ0) is 23.2. The van der Waals surface area contributed by atoms with Crippen LogP contribution >= 0.6 is 0 Å². The highest BCUT2D eigenvalue weighted by molar-refractivity contribution is 5.91. The van der Waals surface area contributed by atoms with Gasteiger partial charge in [0, 0.05) is 32.7 Å². The minimum Gasteiger partial charge on any atom is -0.486 e. The van der Waals surface area contributed by atoms with Crippen molar-refractivity contribution in [3.63, 3.8) is 0 Å². The summed E-state index contributed by atoms with van der Waals surface area (Å²) in [6, 6.07) is 18.7. The number of furan rings is 1. The monoisotopic (exact) mass is 448 g/mol. The number of aryl methyl sites for hydroxylation is 1. The maximum Gasteiger partial charge on any atom is 0.337 e. The molecule has 7 heteroatoms. The van der Waals surface area contributed by atoms with Crippen molar-refractivity contribution >= 4 is 11.9 Å². The highest BCUT2D eigenvalue weighted by Crippen LogP contribution is 2.18. The van der Waals surface area contributed by atoms with Crippen molar-refractivity contribution in [3.05, 3.63) is 88.9 Å². The summed E-state index contributed by atoms with van der Waals surface area (Å²) in [6.45, 7) is 6.17. The Kier molecular flexibility index (Phi) is 7.10. The lowest BCUT2D eigenvalue weighted by atomic mass is 10.1. The van der Waals surface area contributed by atoms with Gasteiger partial charge < -0.3 is 18.8 Å². The SMILES string of the molecule is COC(=O)c1ccc(OCc2ccc(C(=O)N3CCN(Cc4ccc(C)cc4)CC3)o2)cc1. The number of carbonyl (C=O) groups excluding carboxylic acids is 2. The van der Waals surface area contributed by atoms with Crippen LogP contribution in [0.2, 0.25) is 0 Å². The Bertz CT molecular complexity index is 1080. The molecule has 1 aliphatic heterocycles. The average Bonchev–Trinajstić information content (AvgIpc) is 3.33. The van der Waals surface area contributed by atoms with E-state index in [1.807, 2.05) is 4.90 Å². The van der Waals surface area contributed by atoms with Gasteiger partial charge in [0.05, 0.1) is 12.7 Å². The van der Waals surface area contributed by atoms with E-state index in [4.69, 9.17) is 9.15 Å². The van der Waals surface area contributed by atoms with Crippen LogP contribution < -0.4 is 4.74 Å². The van der Waals surface area contributed by atoms with Gasteiger partial charge in [-0.05, 0) is 48.9 Å². The lowest BCUT2D eigenvalue weighted by Crippen LogP contribution is -2.48. The van der Waals surface area contributed by atoms with Crippen LogP contribution in [0.4, 0.5) is 0 Å². The number of piperazine rings is 1. The number of hydrogen-bond donors (Lipinski definition) is 0. The molecule has 0 saturated carbocycles. The fraction of sp³-hybridized carbons (Fsp3) is 0.308. The summed E-state index contributed by atoms with van der Waals surface area (Å²) in [5, 5.41) is 0. The molecule has 0 N–H and O–H groups in total. The molecule has 1 fully saturated rings. The Labute approximate surface area is 193 Å². The summed E-state index contributed by atoms with van der Waals surface area (Å²) in [5.41, 5.74) is 3.00. The number of rotatable bonds is 7. The van der Waals surface area contributed by atoms with Gasteiger partial charge in [-0.25, -0.2) is 4.79 Å². The summed E-state index contributed by atoms with van der Waals surface area (Å²) in [5.74, 6) is 0.983. The van der Waals surface area contributed by atoms with Gasteiger partial charge in [-0.3, -0.25) is 9.69 Å². The minimum atomic E-state index is -0.397. The Morgan fingerprint density at radius 1 is 0.909 bits per heavy atom. The molecule has 0 unspecified atom stereocenters. The molecule has 2 heterocycles. The second-order valence-corrected chi connectivity index (χ2v) is 8.12. The number of carbonyl (C=O) groups is 2. The largest absolute Gasteiger partial charge is 0.486 e. The van der Waals surface area contributed by atoms with Crippen LogP contribution in [-0.2, 0) is 17.9 Å². The zero-order valence-electron chi connectivity index (χ0n) is 19.0. The summed E-state index contributed by atoms with van der Waals surface area (Å²) >= 11 is 0. The molecule has 3 aromatic rings. The smallest absolute Gasteiger partial charge is 0.337 e. The Balaban J connectivity index is 1.25. The van der Waals surface area contributed by atoms with Crippen molar-refractivity contribution in [2.45, 2.75) is 20.1 Å². The predicted octanol–water partition coefficient (Wildman–Crippen LogP) is 3.91. The third-order valence-electron chi connectivity index (χ3n) is 5.72. The van der Waals surface area contributed by atoms with E-state index in [0.717, 1.165) is 19.6 Å². The fourth-order valence-electron chi connectivity index (χ4n) is 3.75. The highest BCUT2D eigenvalue weighted by atomic mass is 16.5. The topological polar surface area (TPSA) is 72.2 Å². The van der Waals surface area contributed by atoms with Gasteiger partial charge in [-0.1, -0.05) is 29.8 Å². The molecule has 0 bridgehead atoms. The number of esters is 1. The second-order valence-electron chi connectivity index (χ2n) is 8.12. The van der Waals surface area contributed by atoms with E-state index >= 15 is 0 Å². The number of hydrogen-bond acceptors (Lipinski definition) is 6. The third kappa shape index (κ3) is 5.81. The molecule has 0 spiro atoms. The second kappa shape index (κ2) is 10.4. The zero-order valence-corrected chi connectivity index (χ0v) is 19.0. The van der Waals surface area contributed by atoms with Gasteiger partial charge in [0.25, 0.3) is 5.91 Å². The first-order valence-corrected chi connectivity index (χ1v) is 11.0. The lowest BCUT2D eigenvalue weighted by Gasteiger charge is -2.34. The molecule has 172 valence electrons. The number of amides is 1. The van der Waals surface area contributed by atoms with Crippen LogP contribution in [0, 0.1) is 6.92 Å². The minimum absolute atomic E-state index is 0.0985. The number of methoxy groups -OCH3 is 1. The third-order valence-corrected chi connectivity index (χ3v) is 5.72. The van der Waals surface area contributed by atoms with Crippen LogP contribution in [0.15, 0.2) is 65.1 Å². The van der Waals surface area contributed by atoms with Crippen LogP contribution in [0.1, 0.15) is 37.8 Å². The van der Waals surface area contributed by atoms with E-state index in [1.54, 1.807) is 36.4 Å². The van der Waals surface area contributed by atoms with Gasteiger partial charge in [-0.15, -0.1) is 0 Å². The van der Waals surface area contributed by atoms with Crippen molar-refractivity contribution in [3.8, 4) is 5.75 Å². The summed E-state index contributed by atoms with van der Waals surface area (Å²) in [6.07, 6.45) is 0. The molecule has 1 saturated heterocycles. The van der Waals surface area contributed by atoms with E-state index in [1.165, 1.54) is 18.2 Å². The summed E-state index contributed by atoms with van der Waals surface area (Å²) in [7, 11) is 1.34. The molecular weight excluding hydrogens is 420 g/mol. The van der Waals surface area contributed by atoms with E-state index in [-0.39, 0.29) is 12.5 Å². The van der Waals surface area contributed by atoms with Crippen LogP contribution in [-0.4, -0.2) is 55.0 Å². The van der Waals surface area contributed by atoms with Crippen molar-refractivity contribution < 1.29 is 23.5 Å². The molecule has 33 heavy (non-hydrogen) atoms. The Morgan fingerprint density at radius 2 is 1.61 bits per heavy atom. The Hall–Kier alpha value is -3.58. The van der Waals surface area contributed by atoms with E-state index in [0.29, 0.717) is 35.9 Å². The fourth-order valence-corrected chi connectivity index (χ4v) is 3.75. The van der Waals surface area contributed by atoms with E-state index in [2.05, 4.69) is 40.8 Å². The van der Waals surface area contributed by atoms with Gasteiger partial charge in [0.2, 0.25) is 0 Å². The highest BCUT2D eigenvalue weighted by Gasteiger charge is 2.24. The summed E-state index contributed by atoms with van der Waals surface area (Å²) in [4.78, 5) is 28.5. The molecule has 0 atom stereocenters. The molecule has 1 amide bonds. The molecule has 0 aliphatic carbocycles. The van der Waals surface area contributed by atoms with Crippen molar-refractivity contribution in [2.75, 3.05) is 33.3 Å². The van der Waals surface area contributed by atoms with Crippen molar-refractivity contribution in [1.82, 2.24) is 9.80 Å². The van der Waals surface area contributed by atoms with Crippen LogP contribution in [0.5, 0.6) is 5.75 Å². The van der Waals surface area contributed by atoms with Gasteiger partial charge in [0.1, 0.15) is 18.1 Å². The van der Waals surface area contributed by atoms with Crippen LogP contribution in [0.3, 0.4) is 0 Å². The number of nitrogens with zero attached hydrogens (tertiary/aromatic N) is 2. The number of ether oxygens (including phenoxy) is 2. The lowest BCUT2D eigenvalue weighted by molar-refractivity contribution is 0.0590. The molecular formula is C26H28N2O5. The van der Waals surface area contributed by atoms with Gasteiger partial charge in [0.15, 0.2) is 5.76 Å². The van der Waals surface area contributed by atoms with Gasteiger partial charge in [-0.2, -0.15) is 0 Å². The summed E-state index contributed by atoms with van der Waals surface area (Å²) < 4.78 is 16.1.